The minimum atomic E-state index is -0.579. The third-order valence-corrected chi connectivity index (χ3v) is 6.52. The van der Waals surface area contributed by atoms with Crippen LogP contribution < -0.4 is 10.1 Å². The molecule has 1 saturated heterocycles. The van der Waals surface area contributed by atoms with E-state index in [2.05, 4.69) is 15.5 Å². The number of carbonyl (C=O) groups excluding carboxylic acids is 2. The quantitative estimate of drug-likeness (QED) is 0.568. The summed E-state index contributed by atoms with van der Waals surface area (Å²) in [5.74, 6) is 0.329. The summed E-state index contributed by atoms with van der Waals surface area (Å²) in [6, 6.07) is 16.2. The zero-order chi connectivity index (χ0) is 22.5. The number of rotatable bonds is 6. The van der Waals surface area contributed by atoms with Crippen molar-refractivity contribution in [3.8, 4) is 5.75 Å². The number of carbonyl (C=O) groups is 2. The van der Waals surface area contributed by atoms with Gasteiger partial charge in [-0.3, -0.25) is 9.59 Å². The van der Waals surface area contributed by atoms with Gasteiger partial charge >= 0.3 is 0 Å². The highest BCUT2D eigenvalue weighted by Crippen LogP contribution is 2.30. The number of piperidine rings is 1. The number of hydrogen-bond donors (Lipinski definition) is 1. The van der Waals surface area contributed by atoms with Gasteiger partial charge in [0.15, 0.2) is 6.10 Å². The highest BCUT2D eigenvalue weighted by Gasteiger charge is 2.30. The lowest BCUT2D eigenvalue weighted by molar-refractivity contribution is -0.139. The molecule has 32 heavy (non-hydrogen) atoms. The van der Waals surface area contributed by atoms with E-state index in [1.165, 1.54) is 11.3 Å². The highest BCUT2D eigenvalue weighted by atomic mass is 35.5. The SMILES string of the molecule is C[C@@H](Oc1ccccc1)C(=O)N1CCC[C@@H](c2nnc(C(=O)Nc3cccc(Cl)c3)s2)C1. The van der Waals surface area contributed by atoms with Gasteiger partial charge in [-0.05, 0) is 50.1 Å². The minimum Gasteiger partial charge on any atom is -0.481 e. The Morgan fingerprint density at radius 2 is 2.00 bits per heavy atom. The minimum absolute atomic E-state index is 0.0434. The number of hydrogen-bond acceptors (Lipinski definition) is 6. The van der Waals surface area contributed by atoms with Gasteiger partial charge in [0.05, 0.1) is 0 Å². The molecule has 9 heteroatoms. The first-order valence-electron chi connectivity index (χ1n) is 10.4. The molecule has 2 atom stereocenters. The number of ether oxygens (including phenoxy) is 1. The number of nitrogens with zero attached hydrogens (tertiary/aromatic N) is 3. The predicted molar refractivity (Wildman–Crippen MR) is 124 cm³/mol. The Morgan fingerprint density at radius 1 is 1.19 bits per heavy atom. The zero-order valence-corrected chi connectivity index (χ0v) is 19.1. The molecule has 0 spiro atoms. The van der Waals surface area contributed by atoms with Gasteiger partial charge in [-0.1, -0.05) is 47.2 Å². The lowest BCUT2D eigenvalue weighted by Gasteiger charge is -2.33. The molecule has 2 heterocycles. The van der Waals surface area contributed by atoms with E-state index in [-0.39, 0.29) is 22.7 Å². The molecular formula is C23H23ClN4O3S. The monoisotopic (exact) mass is 470 g/mol. The second kappa shape index (κ2) is 10.1. The Kier molecular flexibility index (Phi) is 7.02. The van der Waals surface area contributed by atoms with E-state index in [1.54, 1.807) is 31.2 Å². The van der Waals surface area contributed by atoms with Crippen molar-refractivity contribution in [1.29, 1.82) is 0 Å². The summed E-state index contributed by atoms with van der Waals surface area (Å²) in [5, 5.41) is 12.7. The summed E-state index contributed by atoms with van der Waals surface area (Å²) in [4.78, 5) is 27.3. The second-order valence-corrected chi connectivity index (χ2v) is 9.05. The summed E-state index contributed by atoms with van der Waals surface area (Å²) in [7, 11) is 0. The summed E-state index contributed by atoms with van der Waals surface area (Å²) in [6.45, 7) is 2.98. The van der Waals surface area contributed by atoms with Crippen LogP contribution in [0.25, 0.3) is 0 Å². The molecule has 7 nitrogen and oxygen atoms in total. The van der Waals surface area contributed by atoms with Crippen LogP contribution in [0.5, 0.6) is 5.75 Å². The van der Waals surface area contributed by atoms with Crippen LogP contribution in [-0.4, -0.2) is 46.1 Å². The van der Waals surface area contributed by atoms with E-state index in [4.69, 9.17) is 16.3 Å². The lowest BCUT2D eigenvalue weighted by Crippen LogP contribution is -2.45. The number of amides is 2. The smallest absolute Gasteiger partial charge is 0.286 e. The number of aromatic nitrogens is 2. The molecule has 1 aliphatic heterocycles. The Labute approximate surface area is 195 Å². The molecule has 1 fully saturated rings. The van der Waals surface area contributed by atoms with Crippen LogP contribution in [0.3, 0.4) is 0 Å². The molecule has 1 aromatic heterocycles. The first-order chi connectivity index (χ1) is 15.5. The summed E-state index contributed by atoms with van der Waals surface area (Å²) >= 11 is 7.23. The molecule has 2 aromatic carbocycles. The summed E-state index contributed by atoms with van der Waals surface area (Å²) in [5.41, 5.74) is 0.598. The van der Waals surface area contributed by atoms with Crippen LogP contribution in [0.15, 0.2) is 54.6 Å². The van der Waals surface area contributed by atoms with E-state index in [9.17, 15) is 9.59 Å². The van der Waals surface area contributed by atoms with Crippen LogP contribution in [-0.2, 0) is 4.79 Å². The van der Waals surface area contributed by atoms with Crippen LogP contribution >= 0.6 is 22.9 Å². The Hall–Kier alpha value is -2.97. The van der Waals surface area contributed by atoms with Gasteiger partial charge in [0.2, 0.25) is 5.01 Å². The predicted octanol–water partition coefficient (Wildman–Crippen LogP) is 4.62. The fraction of sp³-hybridized carbons (Fsp3) is 0.304. The molecule has 0 aliphatic carbocycles. The van der Waals surface area contributed by atoms with Crippen LogP contribution in [0.4, 0.5) is 5.69 Å². The van der Waals surface area contributed by atoms with Crippen molar-refractivity contribution in [3.63, 3.8) is 0 Å². The maximum atomic E-state index is 12.9. The Balaban J connectivity index is 1.37. The average molecular weight is 471 g/mol. The van der Waals surface area contributed by atoms with E-state index in [1.807, 2.05) is 35.2 Å². The number of para-hydroxylation sites is 1. The fourth-order valence-electron chi connectivity index (χ4n) is 3.63. The number of nitrogens with one attached hydrogen (secondary N) is 1. The van der Waals surface area contributed by atoms with Crippen molar-refractivity contribution in [2.45, 2.75) is 31.8 Å². The van der Waals surface area contributed by atoms with Gasteiger partial charge < -0.3 is 15.0 Å². The number of halogens is 1. The third kappa shape index (κ3) is 5.44. The van der Waals surface area contributed by atoms with Crippen molar-refractivity contribution >= 4 is 40.4 Å². The van der Waals surface area contributed by atoms with Gasteiger partial charge in [-0.15, -0.1) is 10.2 Å². The molecular weight excluding hydrogens is 448 g/mol. The van der Waals surface area contributed by atoms with Crippen LogP contribution in [0.2, 0.25) is 5.02 Å². The van der Waals surface area contributed by atoms with Crippen molar-refractivity contribution in [1.82, 2.24) is 15.1 Å². The number of anilines is 1. The molecule has 0 bridgehead atoms. The molecule has 1 aliphatic rings. The fourth-order valence-corrected chi connectivity index (χ4v) is 4.69. The Morgan fingerprint density at radius 3 is 2.78 bits per heavy atom. The lowest BCUT2D eigenvalue weighted by atomic mass is 9.98. The Bertz CT molecular complexity index is 1090. The van der Waals surface area contributed by atoms with Gasteiger partial charge in [-0.25, -0.2) is 0 Å². The molecule has 166 valence electrons. The second-order valence-electron chi connectivity index (χ2n) is 7.61. The highest BCUT2D eigenvalue weighted by molar-refractivity contribution is 7.13. The van der Waals surface area contributed by atoms with Gasteiger partial charge in [0.25, 0.3) is 11.8 Å². The molecule has 0 unspecified atom stereocenters. The molecule has 4 rings (SSSR count). The summed E-state index contributed by atoms with van der Waals surface area (Å²) < 4.78 is 5.79. The molecule has 1 N–H and O–H groups in total. The average Bonchev–Trinajstić information content (AvgIpc) is 3.30. The van der Waals surface area contributed by atoms with Crippen LogP contribution in [0, 0.1) is 0 Å². The maximum Gasteiger partial charge on any atom is 0.286 e. The topological polar surface area (TPSA) is 84.4 Å². The first kappa shape index (κ1) is 22.2. The van der Waals surface area contributed by atoms with E-state index >= 15 is 0 Å². The largest absolute Gasteiger partial charge is 0.481 e. The third-order valence-electron chi connectivity index (χ3n) is 5.20. The van der Waals surface area contributed by atoms with Crippen LogP contribution in [0.1, 0.15) is 40.5 Å². The van der Waals surface area contributed by atoms with Crippen molar-refractivity contribution in [2.24, 2.45) is 0 Å². The van der Waals surface area contributed by atoms with E-state index in [0.717, 1.165) is 17.8 Å². The number of likely N-dealkylation sites (tertiary alicyclic amines) is 1. The van der Waals surface area contributed by atoms with E-state index < -0.39 is 6.10 Å². The van der Waals surface area contributed by atoms with Crippen molar-refractivity contribution in [2.75, 3.05) is 18.4 Å². The standard InChI is InChI=1S/C23H23ClN4O3S/c1-15(31-19-10-3-2-4-11-19)23(30)28-12-6-7-16(14-28)21-26-27-22(32-21)20(29)25-18-9-5-8-17(24)13-18/h2-5,8-11,13,15-16H,6-7,12,14H2,1H3,(H,25,29)/t15-,16-/m1/s1. The number of benzene rings is 2. The van der Waals surface area contributed by atoms with Crippen molar-refractivity contribution in [3.05, 3.63) is 69.6 Å². The molecule has 0 saturated carbocycles. The normalized spacial score (nSPS) is 16.9. The van der Waals surface area contributed by atoms with Gasteiger partial charge in [0, 0.05) is 29.7 Å². The first-order valence-corrected chi connectivity index (χ1v) is 11.6. The molecule has 3 aromatic rings. The van der Waals surface area contributed by atoms with E-state index in [0.29, 0.717) is 29.5 Å². The molecule has 0 radical (unpaired) electrons. The zero-order valence-electron chi connectivity index (χ0n) is 17.5. The maximum absolute atomic E-state index is 12.9. The van der Waals surface area contributed by atoms with Crippen molar-refractivity contribution < 1.29 is 14.3 Å². The van der Waals surface area contributed by atoms with Gasteiger partial charge in [0.1, 0.15) is 10.8 Å². The molecule has 2 amide bonds. The van der Waals surface area contributed by atoms with Gasteiger partial charge in [-0.2, -0.15) is 0 Å². The summed E-state index contributed by atoms with van der Waals surface area (Å²) in [6.07, 6.45) is 1.17.